The van der Waals surface area contributed by atoms with Crippen molar-refractivity contribution in [3.63, 3.8) is 0 Å². The van der Waals surface area contributed by atoms with Crippen molar-refractivity contribution in [1.29, 1.82) is 0 Å². The molecule has 4 heteroatoms. The Morgan fingerprint density at radius 1 is 1.21 bits per heavy atom. The molecule has 0 unspecified atom stereocenters. The summed E-state index contributed by atoms with van der Waals surface area (Å²) in [7, 11) is 0. The molecule has 100 valence electrons. The number of benzene rings is 1. The molecule has 1 aromatic heterocycles. The summed E-state index contributed by atoms with van der Waals surface area (Å²) in [6.45, 7) is 3.90. The van der Waals surface area contributed by atoms with Crippen molar-refractivity contribution in [2.75, 3.05) is 5.32 Å². The normalized spacial score (nSPS) is 10.4. The SMILES string of the molecule is CCn1ccc(CNc2ccc(CC(N)=O)cc2)c1. The van der Waals surface area contributed by atoms with Gasteiger partial charge in [-0.25, -0.2) is 0 Å². The number of carbonyl (C=O) groups excluding carboxylic acids is 1. The fraction of sp³-hybridized carbons (Fsp3) is 0.267. The molecule has 0 aliphatic carbocycles. The Balaban J connectivity index is 1.90. The minimum atomic E-state index is -0.304. The van der Waals surface area contributed by atoms with Crippen molar-refractivity contribution in [3.05, 3.63) is 53.9 Å². The average Bonchev–Trinajstić information content (AvgIpc) is 2.85. The highest BCUT2D eigenvalue weighted by Gasteiger charge is 1.99. The lowest BCUT2D eigenvalue weighted by molar-refractivity contribution is -0.117. The molecule has 0 fully saturated rings. The average molecular weight is 257 g/mol. The first kappa shape index (κ1) is 13.2. The number of aromatic nitrogens is 1. The number of nitrogens with one attached hydrogen (secondary N) is 1. The molecule has 2 rings (SSSR count). The van der Waals surface area contributed by atoms with Crippen LogP contribution in [0, 0.1) is 0 Å². The molecule has 0 saturated heterocycles. The maximum absolute atomic E-state index is 10.8. The molecule has 0 bridgehead atoms. The molecule has 4 nitrogen and oxygen atoms in total. The number of hydrogen-bond donors (Lipinski definition) is 2. The number of amides is 1. The number of nitrogens with zero attached hydrogens (tertiary/aromatic N) is 1. The van der Waals surface area contributed by atoms with E-state index in [1.807, 2.05) is 24.3 Å². The second kappa shape index (κ2) is 6.09. The lowest BCUT2D eigenvalue weighted by atomic mass is 10.1. The molecule has 0 aliphatic rings. The molecule has 1 heterocycles. The van der Waals surface area contributed by atoms with E-state index < -0.39 is 0 Å². The molecule has 1 amide bonds. The van der Waals surface area contributed by atoms with Crippen LogP contribution >= 0.6 is 0 Å². The minimum absolute atomic E-state index is 0.291. The van der Waals surface area contributed by atoms with Gasteiger partial charge in [-0.2, -0.15) is 0 Å². The summed E-state index contributed by atoms with van der Waals surface area (Å²) in [6, 6.07) is 9.89. The maximum atomic E-state index is 10.8. The quantitative estimate of drug-likeness (QED) is 0.833. The van der Waals surface area contributed by atoms with E-state index in [1.165, 1.54) is 5.56 Å². The van der Waals surface area contributed by atoms with Crippen LogP contribution in [-0.2, 0) is 24.3 Å². The van der Waals surface area contributed by atoms with Gasteiger partial charge in [-0.3, -0.25) is 4.79 Å². The molecule has 0 radical (unpaired) electrons. The van der Waals surface area contributed by atoms with Crippen LogP contribution in [0.3, 0.4) is 0 Å². The summed E-state index contributed by atoms with van der Waals surface area (Å²) < 4.78 is 2.15. The van der Waals surface area contributed by atoms with Gasteiger partial charge in [-0.1, -0.05) is 12.1 Å². The third kappa shape index (κ3) is 3.88. The van der Waals surface area contributed by atoms with Crippen molar-refractivity contribution in [1.82, 2.24) is 4.57 Å². The van der Waals surface area contributed by atoms with Gasteiger partial charge in [0.25, 0.3) is 0 Å². The van der Waals surface area contributed by atoms with Gasteiger partial charge in [-0.05, 0) is 36.2 Å². The van der Waals surface area contributed by atoms with Crippen molar-refractivity contribution in [2.24, 2.45) is 5.73 Å². The molecular formula is C15H19N3O. The van der Waals surface area contributed by atoms with E-state index in [4.69, 9.17) is 5.73 Å². The summed E-state index contributed by atoms with van der Waals surface area (Å²) in [6.07, 6.45) is 4.50. The summed E-state index contributed by atoms with van der Waals surface area (Å²) in [5, 5.41) is 3.35. The third-order valence-electron chi connectivity index (χ3n) is 3.01. The van der Waals surface area contributed by atoms with Gasteiger partial charge in [0, 0.05) is 31.2 Å². The number of rotatable bonds is 6. The molecule has 1 aromatic carbocycles. The van der Waals surface area contributed by atoms with Crippen molar-refractivity contribution < 1.29 is 4.79 Å². The molecular weight excluding hydrogens is 238 g/mol. The first-order valence-electron chi connectivity index (χ1n) is 6.43. The van der Waals surface area contributed by atoms with Crippen molar-refractivity contribution >= 4 is 11.6 Å². The lowest BCUT2D eigenvalue weighted by Gasteiger charge is -2.06. The zero-order valence-electron chi connectivity index (χ0n) is 11.1. The molecule has 3 N–H and O–H groups in total. The van der Waals surface area contributed by atoms with E-state index in [0.29, 0.717) is 6.42 Å². The van der Waals surface area contributed by atoms with Crippen molar-refractivity contribution in [2.45, 2.75) is 26.4 Å². The van der Waals surface area contributed by atoms with Gasteiger partial charge in [-0.15, -0.1) is 0 Å². The van der Waals surface area contributed by atoms with Gasteiger partial charge in [0.15, 0.2) is 0 Å². The zero-order valence-corrected chi connectivity index (χ0v) is 11.1. The minimum Gasteiger partial charge on any atom is -0.381 e. The van der Waals surface area contributed by atoms with Crippen LogP contribution in [0.5, 0.6) is 0 Å². The maximum Gasteiger partial charge on any atom is 0.221 e. The van der Waals surface area contributed by atoms with Gasteiger partial charge < -0.3 is 15.6 Å². The van der Waals surface area contributed by atoms with Gasteiger partial charge in [0.2, 0.25) is 5.91 Å². The molecule has 2 aromatic rings. The largest absolute Gasteiger partial charge is 0.381 e. The van der Waals surface area contributed by atoms with Gasteiger partial charge in [0.1, 0.15) is 0 Å². The van der Waals surface area contributed by atoms with Crippen LogP contribution in [0.4, 0.5) is 5.69 Å². The summed E-state index contributed by atoms with van der Waals surface area (Å²) >= 11 is 0. The van der Waals surface area contributed by atoms with Crippen LogP contribution in [0.25, 0.3) is 0 Å². The fourth-order valence-electron chi connectivity index (χ4n) is 1.94. The highest BCUT2D eigenvalue weighted by Crippen LogP contribution is 2.12. The van der Waals surface area contributed by atoms with Crippen LogP contribution in [0.2, 0.25) is 0 Å². The Hall–Kier alpha value is -2.23. The highest BCUT2D eigenvalue weighted by molar-refractivity contribution is 5.76. The zero-order chi connectivity index (χ0) is 13.7. The van der Waals surface area contributed by atoms with Crippen LogP contribution < -0.4 is 11.1 Å². The monoisotopic (exact) mass is 257 g/mol. The van der Waals surface area contributed by atoms with E-state index in [0.717, 1.165) is 24.3 Å². The second-order valence-electron chi connectivity index (χ2n) is 4.54. The Bertz CT molecular complexity index is 543. The van der Waals surface area contributed by atoms with E-state index in [1.54, 1.807) is 0 Å². The van der Waals surface area contributed by atoms with Gasteiger partial charge >= 0.3 is 0 Å². The van der Waals surface area contributed by atoms with Crippen molar-refractivity contribution in [3.8, 4) is 0 Å². The van der Waals surface area contributed by atoms with E-state index >= 15 is 0 Å². The van der Waals surface area contributed by atoms with Crippen LogP contribution in [-0.4, -0.2) is 10.5 Å². The number of aryl methyl sites for hydroxylation is 1. The number of nitrogens with two attached hydrogens (primary N) is 1. The Labute approximate surface area is 113 Å². The third-order valence-corrected chi connectivity index (χ3v) is 3.01. The summed E-state index contributed by atoms with van der Waals surface area (Å²) in [5.41, 5.74) is 8.39. The fourth-order valence-corrected chi connectivity index (χ4v) is 1.94. The second-order valence-corrected chi connectivity index (χ2v) is 4.54. The Morgan fingerprint density at radius 3 is 2.53 bits per heavy atom. The molecule has 0 spiro atoms. The predicted molar refractivity (Wildman–Crippen MR) is 76.8 cm³/mol. The Kier molecular flexibility index (Phi) is 4.23. The predicted octanol–water partition coefficient (Wildman–Crippen LogP) is 2.15. The van der Waals surface area contributed by atoms with Crippen LogP contribution in [0.1, 0.15) is 18.1 Å². The first-order chi connectivity index (χ1) is 9.17. The lowest BCUT2D eigenvalue weighted by Crippen LogP contribution is -2.13. The van der Waals surface area contributed by atoms with E-state index in [9.17, 15) is 4.79 Å². The topological polar surface area (TPSA) is 60.1 Å². The number of anilines is 1. The first-order valence-corrected chi connectivity index (χ1v) is 6.43. The Morgan fingerprint density at radius 2 is 1.95 bits per heavy atom. The number of primary amides is 1. The molecule has 0 atom stereocenters. The highest BCUT2D eigenvalue weighted by atomic mass is 16.1. The molecule has 0 aliphatic heterocycles. The smallest absolute Gasteiger partial charge is 0.221 e. The summed E-state index contributed by atoms with van der Waals surface area (Å²) in [5.74, 6) is -0.304. The summed E-state index contributed by atoms with van der Waals surface area (Å²) in [4.78, 5) is 10.8. The molecule has 0 saturated carbocycles. The molecule has 19 heavy (non-hydrogen) atoms. The van der Waals surface area contributed by atoms with E-state index in [-0.39, 0.29) is 5.91 Å². The number of hydrogen-bond acceptors (Lipinski definition) is 2. The number of carbonyl (C=O) groups is 1. The van der Waals surface area contributed by atoms with E-state index in [2.05, 4.69) is 35.3 Å². The van der Waals surface area contributed by atoms with Gasteiger partial charge in [0.05, 0.1) is 6.42 Å². The van der Waals surface area contributed by atoms with Crippen LogP contribution in [0.15, 0.2) is 42.7 Å². The standard InChI is InChI=1S/C15H19N3O/c1-2-18-8-7-13(11-18)10-17-14-5-3-12(4-6-14)9-15(16)19/h3-8,11,17H,2,9-10H2,1H3,(H2,16,19).